The van der Waals surface area contributed by atoms with E-state index >= 15 is 0 Å². The summed E-state index contributed by atoms with van der Waals surface area (Å²) in [6.45, 7) is 1.81. The van der Waals surface area contributed by atoms with Crippen molar-refractivity contribution in [3.05, 3.63) is 80.5 Å². The van der Waals surface area contributed by atoms with Gasteiger partial charge in [0, 0.05) is 33.4 Å². The van der Waals surface area contributed by atoms with Gasteiger partial charge in [-0.25, -0.2) is 0 Å². The minimum absolute atomic E-state index is 0.0899. The van der Waals surface area contributed by atoms with Gasteiger partial charge in [0.05, 0.1) is 13.7 Å². The number of rotatable bonds is 9. The molecule has 0 radical (unpaired) electrons. The van der Waals surface area contributed by atoms with Crippen LogP contribution in [0.15, 0.2) is 64.5 Å². The van der Waals surface area contributed by atoms with Crippen LogP contribution < -0.4 is 15.2 Å². The second-order valence-corrected chi connectivity index (χ2v) is 8.30. The van der Waals surface area contributed by atoms with Gasteiger partial charge in [-0.1, -0.05) is 30.3 Å². The Morgan fingerprint density at radius 1 is 1.14 bits per heavy atom. The number of methoxy groups -OCH3 is 1. The molecule has 0 saturated carbocycles. The zero-order valence-electron chi connectivity index (χ0n) is 16.1. The number of amides is 1. The van der Waals surface area contributed by atoms with Gasteiger partial charge >= 0.3 is 0 Å². The van der Waals surface area contributed by atoms with Gasteiger partial charge in [0.2, 0.25) is 0 Å². The molecule has 3 aromatic rings. The molecule has 0 saturated heterocycles. The molecule has 0 aliphatic heterocycles. The predicted molar refractivity (Wildman–Crippen MR) is 120 cm³/mol. The van der Waals surface area contributed by atoms with E-state index in [1.807, 2.05) is 41.8 Å². The van der Waals surface area contributed by atoms with Crippen LogP contribution in [0.2, 0.25) is 0 Å². The number of hydrogen-bond acceptors (Lipinski definition) is 5. The van der Waals surface area contributed by atoms with Crippen LogP contribution in [0.5, 0.6) is 11.5 Å². The van der Waals surface area contributed by atoms with Gasteiger partial charge in [0.15, 0.2) is 11.5 Å². The molecule has 1 amide bonds. The first kappa shape index (κ1) is 21.4. The molecule has 2 N–H and O–H groups in total. The Bertz CT molecular complexity index is 946. The van der Waals surface area contributed by atoms with Crippen LogP contribution in [0.4, 0.5) is 0 Å². The number of carbonyl (C=O) groups excluding carboxylic acids is 1. The first-order valence-corrected chi connectivity index (χ1v) is 10.8. The van der Waals surface area contributed by atoms with E-state index in [9.17, 15) is 4.79 Å². The van der Waals surface area contributed by atoms with Crippen LogP contribution in [-0.2, 0) is 13.2 Å². The molecule has 1 aromatic heterocycles. The molecule has 0 aliphatic carbocycles. The third kappa shape index (κ3) is 5.82. The van der Waals surface area contributed by atoms with Gasteiger partial charge in [-0.15, -0.1) is 11.3 Å². The molecule has 3 rings (SSSR count). The molecule has 0 bridgehead atoms. The summed E-state index contributed by atoms with van der Waals surface area (Å²) in [5.41, 5.74) is 7.34. The fraction of sp³-hybridized carbons (Fsp3) is 0.227. The molecule has 2 aromatic carbocycles. The smallest absolute Gasteiger partial charge is 0.254 e. The fourth-order valence-corrected chi connectivity index (χ4v) is 4.34. The summed E-state index contributed by atoms with van der Waals surface area (Å²) in [5.74, 6) is 1.03. The highest BCUT2D eigenvalue weighted by Gasteiger charge is 2.18. The molecule has 0 aliphatic rings. The summed E-state index contributed by atoms with van der Waals surface area (Å²) >= 11 is 5.06. The van der Waals surface area contributed by atoms with Gasteiger partial charge in [-0.05, 0) is 45.8 Å². The number of benzene rings is 2. The maximum Gasteiger partial charge on any atom is 0.254 e. The van der Waals surface area contributed by atoms with Crippen molar-refractivity contribution in [1.29, 1.82) is 0 Å². The number of thiophene rings is 1. The quantitative estimate of drug-likeness (QED) is 0.488. The van der Waals surface area contributed by atoms with Crippen molar-refractivity contribution < 1.29 is 14.3 Å². The van der Waals surface area contributed by atoms with E-state index in [0.29, 0.717) is 43.3 Å². The van der Waals surface area contributed by atoms with E-state index < -0.39 is 0 Å². The Morgan fingerprint density at radius 2 is 1.93 bits per heavy atom. The second kappa shape index (κ2) is 10.4. The molecule has 0 unspecified atom stereocenters. The number of halogens is 1. The zero-order chi connectivity index (χ0) is 20.6. The lowest BCUT2D eigenvalue weighted by Gasteiger charge is -2.22. The topological polar surface area (TPSA) is 64.8 Å². The number of nitrogens with zero attached hydrogens (tertiary/aromatic N) is 1. The highest BCUT2D eigenvalue weighted by atomic mass is 79.9. The van der Waals surface area contributed by atoms with E-state index in [0.717, 1.165) is 14.9 Å². The predicted octanol–water partition coefficient (Wildman–Crippen LogP) is 4.70. The van der Waals surface area contributed by atoms with E-state index in [1.54, 1.807) is 41.5 Å². The molecular weight excluding hydrogens is 452 g/mol. The van der Waals surface area contributed by atoms with Crippen LogP contribution >= 0.6 is 27.3 Å². The summed E-state index contributed by atoms with van der Waals surface area (Å²) < 4.78 is 12.4. The van der Waals surface area contributed by atoms with Gasteiger partial charge in [-0.2, -0.15) is 0 Å². The minimum atomic E-state index is -0.0899. The number of ether oxygens (including phenoxy) is 2. The Kier molecular flexibility index (Phi) is 7.69. The highest BCUT2D eigenvalue weighted by molar-refractivity contribution is 9.10. The van der Waals surface area contributed by atoms with E-state index in [2.05, 4.69) is 15.9 Å². The Labute approximate surface area is 183 Å². The SMILES string of the molecule is COc1cc(C(=O)N(CCN)Cc2cc(Br)cs2)ccc1OCc1ccccc1. The largest absolute Gasteiger partial charge is 0.493 e. The average molecular weight is 475 g/mol. The van der Waals surface area contributed by atoms with Crippen molar-refractivity contribution in [1.82, 2.24) is 4.90 Å². The highest BCUT2D eigenvalue weighted by Crippen LogP contribution is 2.30. The van der Waals surface area contributed by atoms with E-state index in [1.165, 1.54) is 0 Å². The van der Waals surface area contributed by atoms with Crippen molar-refractivity contribution in [2.45, 2.75) is 13.2 Å². The number of hydrogen-bond donors (Lipinski definition) is 1. The summed E-state index contributed by atoms with van der Waals surface area (Å²) in [6, 6.07) is 17.2. The van der Waals surface area contributed by atoms with Crippen molar-refractivity contribution in [2.24, 2.45) is 5.73 Å². The van der Waals surface area contributed by atoms with Crippen molar-refractivity contribution in [3.8, 4) is 11.5 Å². The third-order valence-corrected chi connectivity index (χ3v) is 5.98. The van der Waals surface area contributed by atoms with Crippen molar-refractivity contribution in [2.75, 3.05) is 20.2 Å². The fourth-order valence-electron chi connectivity index (χ4n) is 2.87. The third-order valence-electron chi connectivity index (χ3n) is 4.30. The van der Waals surface area contributed by atoms with E-state index in [-0.39, 0.29) is 5.91 Å². The van der Waals surface area contributed by atoms with Crippen LogP contribution in [-0.4, -0.2) is 31.0 Å². The molecule has 0 atom stereocenters. The van der Waals surface area contributed by atoms with Crippen LogP contribution in [0.25, 0.3) is 0 Å². The van der Waals surface area contributed by atoms with Crippen LogP contribution in [0, 0.1) is 0 Å². The monoisotopic (exact) mass is 474 g/mol. The number of nitrogens with two attached hydrogens (primary N) is 1. The lowest BCUT2D eigenvalue weighted by molar-refractivity contribution is 0.0749. The normalized spacial score (nSPS) is 10.6. The summed E-state index contributed by atoms with van der Waals surface area (Å²) in [7, 11) is 1.57. The second-order valence-electron chi connectivity index (χ2n) is 6.39. The Morgan fingerprint density at radius 3 is 2.59 bits per heavy atom. The summed E-state index contributed by atoms with van der Waals surface area (Å²) in [6.07, 6.45) is 0. The van der Waals surface area contributed by atoms with Crippen LogP contribution in [0.1, 0.15) is 20.8 Å². The van der Waals surface area contributed by atoms with Crippen LogP contribution in [0.3, 0.4) is 0 Å². The van der Waals surface area contributed by atoms with Gasteiger partial charge < -0.3 is 20.1 Å². The molecule has 5 nitrogen and oxygen atoms in total. The van der Waals surface area contributed by atoms with Gasteiger partial charge in [-0.3, -0.25) is 4.79 Å². The lowest BCUT2D eigenvalue weighted by atomic mass is 10.1. The summed E-state index contributed by atoms with van der Waals surface area (Å²) in [4.78, 5) is 15.9. The molecular formula is C22H23BrN2O3S. The molecule has 0 fully saturated rings. The molecule has 1 heterocycles. The van der Waals surface area contributed by atoms with Gasteiger partial charge in [0.1, 0.15) is 6.61 Å². The standard InChI is InChI=1S/C22H23BrN2O3S/c1-27-21-11-17(7-8-20(21)28-14-16-5-3-2-4-6-16)22(26)25(10-9-24)13-19-12-18(23)15-29-19/h2-8,11-12,15H,9-10,13-14,24H2,1H3. The maximum atomic E-state index is 13.1. The maximum absolute atomic E-state index is 13.1. The Balaban J connectivity index is 1.74. The molecule has 29 heavy (non-hydrogen) atoms. The zero-order valence-corrected chi connectivity index (χ0v) is 18.5. The average Bonchev–Trinajstić information content (AvgIpc) is 3.16. The summed E-state index contributed by atoms with van der Waals surface area (Å²) in [5, 5.41) is 2.00. The van der Waals surface area contributed by atoms with E-state index in [4.69, 9.17) is 15.2 Å². The lowest BCUT2D eigenvalue weighted by Crippen LogP contribution is -2.34. The van der Waals surface area contributed by atoms with Crippen molar-refractivity contribution in [3.63, 3.8) is 0 Å². The number of carbonyl (C=O) groups is 1. The first-order valence-electron chi connectivity index (χ1n) is 9.17. The first-order chi connectivity index (χ1) is 14.1. The molecule has 152 valence electrons. The van der Waals surface area contributed by atoms with Gasteiger partial charge in [0.25, 0.3) is 5.91 Å². The molecule has 0 spiro atoms. The minimum Gasteiger partial charge on any atom is -0.493 e. The Hall–Kier alpha value is -2.35. The molecule has 7 heteroatoms. The van der Waals surface area contributed by atoms with Crippen molar-refractivity contribution >= 4 is 33.2 Å².